The Balaban J connectivity index is 1.74. The first-order valence-electron chi connectivity index (χ1n) is 6.96. The fourth-order valence-corrected chi connectivity index (χ4v) is 2.50. The van der Waals surface area contributed by atoms with Gasteiger partial charge >= 0.3 is 0 Å². The summed E-state index contributed by atoms with van der Waals surface area (Å²) < 4.78 is 19.3. The molecule has 2 aromatic rings. The Labute approximate surface area is 118 Å². The standard InChI is InChI=1S/C17H18FNO/c18-17(13-19-7-9-20-10-8-19)12-14-5-6-15-3-1-2-4-16(15)11-14/h1-6,11-12H,7-10,13H2/b17-12-. The molecule has 1 saturated heterocycles. The first-order chi connectivity index (χ1) is 9.81. The smallest absolute Gasteiger partial charge is 0.114 e. The van der Waals surface area contributed by atoms with E-state index in [0.29, 0.717) is 19.8 Å². The molecule has 0 aliphatic carbocycles. The van der Waals surface area contributed by atoms with Gasteiger partial charge in [-0.1, -0.05) is 36.4 Å². The van der Waals surface area contributed by atoms with Crippen LogP contribution in [0.3, 0.4) is 0 Å². The Morgan fingerprint density at radius 2 is 1.85 bits per heavy atom. The van der Waals surface area contributed by atoms with Crippen molar-refractivity contribution in [3.8, 4) is 0 Å². The van der Waals surface area contributed by atoms with Crippen LogP contribution in [0.1, 0.15) is 5.56 Å². The number of halogens is 1. The van der Waals surface area contributed by atoms with E-state index in [1.165, 1.54) is 5.39 Å². The van der Waals surface area contributed by atoms with Crippen LogP contribution < -0.4 is 0 Å². The molecule has 20 heavy (non-hydrogen) atoms. The van der Waals surface area contributed by atoms with Crippen LogP contribution in [0.25, 0.3) is 16.8 Å². The monoisotopic (exact) mass is 271 g/mol. The first-order valence-corrected chi connectivity index (χ1v) is 6.96. The topological polar surface area (TPSA) is 12.5 Å². The van der Waals surface area contributed by atoms with E-state index in [1.807, 2.05) is 36.4 Å². The summed E-state index contributed by atoms with van der Waals surface area (Å²) in [4.78, 5) is 2.08. The van der Waals surface area contributed by atoms with Crippen molar-refractivity contribution in [3.63, 3.8) is 0 Å². The molecule has 0 radical (unpaired) electrons. The Kier molecular flexibility index (Phi) is 4.09. The quantitative estimate of drug-likeness (QED) is 0.847. The SMILES string of the molecule is F/C(=C\c1ccc2ccccc2c1)CN1CCOCC1. The molecule has 1 fully saturated rings. The Morgan fingerprint density at radius 3 is 2.65 bits per heavy atom. The van der Waals surface area contributed by atoms with Crippen LogP contribution >= 0.6 is 0 Å². The Morgan fingerprint density at radius 1 is 1.10 bits per heavy atom. The molecule has 0 unspecified atom stereocenters. The maximum Gasteiger partial charge on any atom is 0.114 e. The molecule has 0 aromatic heterocycles. The minimum absolute atomic E-state index is 0.0952. The number of morpholine rings is 1. The summed E-state index contributed by atoms with van der Waals surface area (Å²) in [6, 6.07) is 14.1. The summed E-state index contributed by atoms with van der Waals surface area (Å²) in [5, 5.41) is 2.32. The van der Waals surface area contributed by atoms with Crippen LogP contribution in [0.4, 0.5) is 4.39 Å². The lowest BCUT2D eigenvalue weighted by Crippen LogP contribution is -2.37. The van der Waals surface area contributed by atoms with E-state index in [2.05, 4.69) is 11.0 Å². The van der Waals surface area contributed by atoms with Crippen molar-refractivity contribution in [2.24, 2.45) is 0 Å². The van der Waals surface area contributed by atoms with Crippen LogP contribution in [0, 0.1) is 0 Å². The summed E-state index contributed by atoms with van der Waals surface area (Å²) in [7, 11) is 0. The van der Waals surface area contributed by atoms with Gasteiger partial charge in [-0.15, -0.1) is 0 Å². The lowest BCUT2D eigenvalue weighted by Gasteiger charge is -2.25. The number of rotatable bonds is 3. The molecule has 0 atom stereocenters. The maximum atomic E-state index is 14.1. The molecule has 3 rings (SSSR count). The lowest BCUT2D eigenvalue weighted by atomic mass is 10.1. The Bertz CT molecular complexity index is 617. The average Bonchev–Trinajstić information content (AvgIpc) is 2.48. The number of ether oxygens (including phenoxy) is 1. The van der Waals surface area contributed by atoms with E-state index >= 15 is 0 Å². The van der Waals surface area contributed by atoms with Crippen molar-refractivity contribution in [1.29, 1.82) is 0 Å². The van der Waals surface area contributed by atoms with E-state index in [-0.39, 0.29) is 5.83 Å². The molecule has 1 aliphatic rings. The summed E-state index contributed by atoms with van der Waals surface area (Å²) >= 11 is 0. The highest BCUT2D eigenvalue weighted by Gasteiger charge is 2.11. The largest absolute Gasteiger partial charge is 0.379 e. The Hall–Kier alpha value is -1.71. The van der Waals surface area contributed by atoms with Crippen molar-refractivity contribution < 1.29 is 9.13 Å². The fourth-order valence-electron chi connectivity index (χ4n) is 2.50. The molecule has 0 N–H and O–H groups in total. The molecule has 3 heteroatoms. The second-order valence-electron chi connectivity index (χ2n) is 5.09. The van der Waals surface area contributed by atoms with Gasteiger partial charge in [-0.25, -0.2) is 4.39 Å². The zero-order chi connectivity index (χ0) is 13.8. The number of hydrogen-bond acceptors (Lipinski definition) is 2. The maximum absolute atomic E-state index is 14.1. The van der Waals surface area contributed by atoms with Crippen LogP contribution in [-0.2, 0) is 4.74 Å². The molecule has 1 heterocycles. The van der Waals surface area contributed by atoms with E-state index < -0.39 is 0 Å². The molecule has 0 bridgehead atoms. The number of benzene rings is 2. The molecule has 0 amide bonds. The van der Waals surface area contributed by atoms with Gasteiger partial charge in [0.1, 0.15) is 5.83 Å². The van der Waals surface area contributed by atoms with Gasteiger partial charge in [-0.05, 0) is 28.5 Å². The number of nitrogens with zero attached hydrogens (tertiary/aromatic N) is 1. The molecule has 0 spiro atoms. The molecule has 1 aliphatic heterocycles. The third kappa shape index (κ3) is 3.24. The van der Waals surface area contributed by atoms with Gasteiger partial charge in [0, 0.05) is 13.1 Å². The van der Waals surface area contributed by atoms with E-state index in [4.69, 9.17) is 4.74 Å². The third-order valence-electron chi connectivity index (χ3n) is 3.58. The van der Waals surface area contributed by atoms with Gasteiger partial charge in [0.15, 0.2) is 0 Å². The minimum atomic E-state index is -0.0952. The molecular formula is C17H18FNO. The molecule has 2 nitrogen and oxygen atoms in total. The van der Waals surface area contributed by atoms with Gasteiger partial charge in [-0.2, -0.15) is 0 Å². The second-order valence-corrected chi connectivity index (χ2v) is 5.09. The zero-order valence-corrected chi connectivity index (χ0v) is 11.4. The highest BCUT2D eigenvalue weighted by atomic mass is 19.1. The normalized spacial score (nSPS) is 17.6. The highest BCUT2D eigenvalue weighted by Crippen LogP contribution is 2.18. The fraction of sp³-hybridized carbons (Fsp3) is 0.294. The van der Waals surface area contributed by atoms with E-state index in [1.54, 1.807) is 6.08 Å². The van der Waals surface area contributed by atoms with Gasteiger partial charge in [0.2, 0.25) is 0 Å². The van der Waals surface area contributed by atoms with Crippen LogP contribution in [0.15, 0.2) is 48.3 Å². The van der Waals surface area contributed by atoms with Crippen molar-refractivity contribution in [1.82, 2.24) is 4.90 Å². The summed E-state index contributed by atoms with van der Waals surface area (Å²) in [5.74, 6) is -0.0952. The van der Waals surface area contributed by atoms with Gasteiger partial charge < -0.3 is 4.74 Å². The van der Waals surface area contributed by atoms with Crippen molar-refractivity contribution in [3.05, 3.63) is 53.9 Å². The highest BCUT2D eigenvalue weighted by molar-refractivity contribution is 5.84. The minimum Gasteiger partial charge on any atom is -0.379 e. The van der Waals surface area contributed by atoms with Crippen LogP contribution in [-0.4, -0.2) is 37.7 Å². The zero-order valence-electron chi connectivity index (χ0n) is 11.4. The van der Waals surface area contributed by atoms with Crippen molar-refractivity contribution in [2.45, 2.75) is 0 Å². The van der Waals surface area contributed by atoms with Crippen molar-refractivity contribution >= 4 is 16.8 Å². The first kappa shape index (κ1) is 13.3. The van der Waals surface area contributed by atoms with E-state index in [0.717, 1.165) is 24.0 Å². The van der Waals surface area contributed by atoms with Gasteiger partial charge in [0.25, 0.3) is 0 Å². The lowest BCUT2D eigenvalue weighted by molar-refractivity contribution is 0.0402. The summed E-state index contributed by atoms with van der Waals surface area (Å²) in [6.45, 7) is 3.38. The molecule has 2 aromatic carbocycles. The molecular weight excluding hydrogens is 253 g/mol. The summed E-state index contributed by atoms with van der Waals surface area (Å²) in [5.41, 5.74) is 0.912. The molecule has 0 saturated carbocycles. The third-order valence-corrected chi connectivity index (χ3v) is 3.58. The molecule has 104 valence electrons. The van der Waals surface area contributed by atoms with Crippen LogP contribution in [0.5, 0.6) is 0 Å². The number of hydrogen-bond donors (Lipinski definition) is 0. The average molecular weight is 271 g/mol. The van der Waals surface area contributed by atoms with Gasteiger partial charge in [0.05, 0.1) is 19.8 Å². The second kappa shape index (κ2) is 6.16. The van der Waals surface area contributed by atoms with Crippen molar-refractivity contribution in [2.75, 3.05) is 32.8 Å². The predicted octanol–water partition coefficient (Wildman–Crippen LogP) is 3.48. The number of fused-ring (bicyclic) bond motifs is 1. The van der Waals surface area contributed by atoms with Crippen LogP contribution in [0.2, 0.25) is 0 Å². The van der Waals surface area contributed by atoms with Gasteiger partial charge in [-0.3, -0.25) is 4.90 Å². The predicted molar refractivity (Wildman–Crippen MR) is 80.3 cm³/mol. The summed E-state index contributed by atoms with van der Waals surface area (Å²) in [6.07, 6.45) is 1.63. The van der Waals surface area contributed by atoms with E-state index in [9.17, 15) is 4.39 Å².